The summed E-state index contributed by atoms with van der Waals surface area (Å²) in [5.74, 6) is -0.743. The molecule has 0 radical (unpaired) electrons. The number of nitrogens with two attached hydrogens (primary N) is 1. The Balaban J connectivity index is 2.35. The Morgan fingerprint density at radius 3 is 3.00 bits per heavy atom. The molecule has 3 N–H and O–H groups in total. The van der Waals surface area contributed by atoms with Crippen molar-refractivity contribution in [3.8, 4) is 0 Å². The van der Waals surface area contributed by atoms with Crippen molar-refractivity contribution in [3.63, 3.8) is 0 Å². The second-order valence-electron chi connectivity index (χ2n) is 3.26. The van der Waals surface area contributed by atoms with Crippen LogP contribution in [0.1, 0.15) is 30.3 Å². The van der Waals surface area contributed by atoms with Gasteiger partial charge in [-0.2, -0.15) is 0 Å². The molecule has 0 aliphatic rings. The highest BCUT2D eigenvalue weighted by Gasteiger charge is 2.10. The van der Waals surface area contributed by atoms with Crippen molar-refractivity contribution in [3.05, 3.63) is 11.1 Å². The van der Waals surface area contributed by atoms with Crippen LogP contribution in [0.3, 0.4) is 0 Å². The molecule has 17 heavy (non-hydrogen) atoms. The summed E-state index contributed by atoms with van der Waals surface area (Å²) >= 11 is 1.32. The van der Waals surface area contributed by atoms with Gasteiger partial charge >= 0.3 is 5.97 Å². The van der Waals surface area contributed by atoms with E-state index in [0.29, 0.717) is 36.8 Å². The van der Waals surface area contributed by atoms with E-state index in [9.17, 15) is 9.59 Å². The highest BCUT2D eigenvalue weighted by Crippen LogP contribution is 2.16. The van der Waals surface area contributed by atoms with E-state index in [4.69, 9.17) is 10.5 Å². The number of esters is 1. The summed E-state index contributed by atoms with van der Waals surface area (Å²) in [7, 11) is 0. The third kappa shape index (κ3) is 4.81. The highest BCUT2D eigenvalue weighted by molar-refractivity contribution is 7.13. The van der Waals surface area contributed by atoms with Crippen molar-refractivity contribution in [2.75, 3.05) is 18.5 Å². The Bertz CT molecular complexity index is 392. The molecule has 1 heterocycles. The fourth-order valence-electron chi connectivity index (χ4n) is 1.11. The first-order valence-corrected chi connectivity index (χ1v) is 6.16. The lowest BCUT2D eigenvalue weighted by Gasteiger charge is -2.00. The van der Waals surface area contributed by atoms with Gasteiger partial charge in [0.1, 0.15) is 0 Å². The molecule has 1 aromatic rings. The molecular formula is C10H15N3O3S. The van der Waals surface area contributed by atoms with E-state index in [0.717, 1.165) is 0 Å². The summed E-state index contributed by atoms with van der Waals surface area (Å²) < 4.78 is 4.81. The number of primary amides is 1. The summed E-state index contributed by atoms with van der Waals surface area (Å²) in [6.07, 6.45) is 0.979. The Morgan fingerprint density at radius 1 is 1.59 bits per heavy atom. The molecule has 0 aromatic carbocycles. The maximum absolute atomic E-state index is 11.3. The summed E-state index contributed by atoms with van der Waals surface area (Å²) in [6, 6.07) is 0. The van der Waals surface area contributed by atoms with E-state index in [-0.39, 0.29) is 5.91 Å². The van der Waals surface area contributed by atoms with Crippen LogP contribution in [0, 0.1) is 0 Å². The first kappa shape index (κ1) is 13.4. The topological polar surface area (TPSA) is 94.3 Å². The zero-order valence-electron chi connectivity index (χ0n) is 9.56. The average molecular weight is 257 g/mol. The van der Waals surface area contributed by atoms with Gasteiger partial charge in [0, 0.05) is 18.3 Å². The first-order chi connectivity index (χ1) is 8.13. The summed E-state index contributed by atoms with van der Waals surface area (Å²) in [5.41, 5.74) is 5.31. The number of ether oxygens (including phenoxy) is 1. The smallest absolute Gasteiger partial charge is 0.357 e. The standard InChI is InChI=1S/C10H15N3O3S/c1-2-16-9(15)7-6-17-10(13-7)12-5-3-4-8(11)14/h6H,2-5H2,1H3,(H2,11,14)(H,12,13). The Labute approximate surface area is 103 Å². The number of anilines is 1. The monoisotopic (exact) mass is 257 g/mol. The van der Waals surface area contributed by atoms with Gasteiger partial charge in [0.25, 0.3) is 0 Å². The summed E-state index contributed by atoms with van der Waals surface area (Å²) in [5, 5.41) is 5.28. The molecule has 0 aliphatic carbocycles. The summed E-state index contributed by atoms with van der Waals surface area (Å²) in [4.78, 5) is 25.9. The lowest BCUT2D eigenvalue weighted by atomic mass is 10.3. The molecule has 0 saturated heterocycles. The Hall–Kier alpha value is -1.63. The van der Waals surface area contributed by atoms with E-state index < -0.39 is 5.97 Å². The number of carbonyl (C=O) groups excluding carboxylic acids is 2. The molecule has 6 nitrogen and oxygen atoms in total. The van der Waals surface area contributed by atoms with Gasteiger partial charge in [-0.25, -0.2) is 9.78 Å². The molecular weight excluding hydrogens is 242 g/mol. The minimum atomic E-state index is -0.422. The quantitative estimate of drug-likeness (QED) is 0.561. The molecule has 0 fully saturated rings. The summed E-state index contributed by atoms with van der Waals surface area (Å²) in [6.45, 7) is 2.67. The second-order valence-corrected chi connectivity index (χ2v) is 4.11. The number of carbonyl (C=O) groups is 2. The van der Waals surface area contributed by atoms with Gasteiger partial charge < -0.3 is 15.8 Å². The fourth-order valence-corrected chi connectivity index (χ4v) is 1.82. The largest absolute Gasteiger partial charge is 0.461 e. The van der Waals surface area contributed by atoms with Gasteiger partial charge in [-0.1, -0.05) is 0 Å². The van der Waals surface area contributed by atoms with E-state index in [1.165, 1.54) is 11.3 Å². The Kier molecular flexibility index (Phi) is 5.41. The number of nitrogens with one attached hydrogen (secondary N) is 1. The number of aromatic nitrogens is 1. The lowest BCUT2D eigenvalue weighted by Crippen LogP contribution is -2.12. The van der Waals surface area contributed by atoms with E-state index in [1.54, 1.807) is 12.3 Å². The SMILES string of the molecule is CCOC(=O)c1csc(NCCCC(N)=O)n1. The zero-order valence-corrected chi connectivity index (χ0v) is 10.4. The van der Waals surface area contributed by atoms with Crippen molar-refractivity contribution >= 4 is 28.3 Å². The van der Waals surface area contributed by atoms with Crippen LogP contribution in [0.2, 0.25) is 0 Å². The van der Waals surface area contributed by atoms with Crippen molar-refractivity contribution < 1.29 is 14.3 Å². The number of thiazole rings is 1. The molecule has 0 saturated carbocycles. The van der Waals surface area contributed by atoms with Gasteiger partial charge in [-0.05, 0) is 13.3 Å². The first-order valence-electron chi connectivity index (χ1n) is 5.28. The van der Waals surface area contributed by atoms with Crippen molar-refractivity contribution in [1.29, 1.82) is 0 Å². The minimum Gasteiger partial charge on any atom is -0.461 e. The molecule has 0 atom stereocenters. The molecule has 0 bridgehead atoms. The Morgan fingerprint density at radius 2 is 2.35 bits per heavy atom. The minimum absolute atomic E-state index is 0.300. The molecule has 0 spiro atoms. The molecule has 7 heteroatoms. The third-order valence-corrected chi connectivity index (χ3v) is 2.66. The van der Waals surface area contributed by atoms with Crippen molar-refractivity contribution in [2.24, 2.45) is 5.73 Å². The molecule has 1 aromatic heterocycles. The van der Waals surface area contributed by atoms with Crippen LogP contribution in [-0.4, -0.2) is 30.0 Å². The van der Waals surface area contributed by atoms with Gasteiger partial charge in [0.05, 0.1) is 6.61 Å². The molecule has 0 aliphatic heterocycles. The van der Waals surface area contributed by atoms with E-state index >= 15 is 0 Å². The third-order valence-electron chi connectivity index (χ3n) is 1.86. The predicted molar refractivity (Wildman–Crippen MR) is 65.0 cm³/mol. The van der Waals surface area contributed by atoms with E-state index in [1.807, 2.05) is 0 Å². The number of hydrogen-bond acceptors (Lipinski definition) is 6. The van der Waals surface area contributed by atoms with Crippen LogP contribution in [0.15, 0.2) is 5.38 Å². The van der Waals surface area contributed by atoms with Gasteiger partial charge in [-0.3, -0.25) is 4.79 Å². The van der Waals surface area contributed by atoms with Crippen LogP contribution < -0.4 is 11.1 Å². The van der Waals surface area contributed by atoms with Crippen LogP contribution in [-0.2, 0) is 9.53 Å². The van der Waals surface area contributed by atoms with Crippen LogP contribution in [0.5, 0.6) is 0 Å². The van der Waals surface area contributed by atoms with Gasteiger partial charge in [-0.15, -0.1) is 11.3 Å². The maximum atomic E-state index is 11.3. The zero-order chi connectivity index (χ0) is 12.7. The highest BCUT2D eigenvalue weighted by atomic mass is 32.1. The number of amides is 1. The van der Waals surface area contributed by atoms with E-state index in [2.05, 4.69) is 10.3 Å². The number of nitrogens with zero attached hydrogens (tertiary/aromatic N) is 1. The lowest BCUT2D eigenvalue weighted by molar-refractivity contribution is -0.118. The second kappa shape index (κ2) is 6.85. The molecule has 1 amide bonds. The van der Waals surface area contributed by atoms with Crippen LogP contribution >= 0.6 is 11.3 Å². The molecule has 1 rings (SSSR count). The van der Waals surface area contributed by atoms with Gasteiger partial charge in [0.15, 0.2) is 10.8 Å². The normalized spacial score (nSPS) is 9.94. The van der Waals surface area contributed by atoms with Crippen LogP contribution in [0.4, 0.5) is 5.13 Å². The predicted octanol–water partition coefficient (Wildman–Crippen LogP) is 0.997. The van der Waals surface area contributed by atoms with Gasteiger partial charge in [0.2, 0.25) is 5.91 Å². The molecule has 0 unspecified atom stereocenters. The average Bonchev–Trinajstić information content (AvgIpc) is 2.73. The maximum Gasteiger partial charge on any atom is 0.357 e. The van der Waals surface area contributed by atoms with Crippen LogP contribution in [0.25, 0.3) is 0 Å². The number of rotatable bonds is 7. The fraction of sp³-hybridized carbons (Fsp3) is 0.500. The van der Waals surface area contributed by atoms with Crippen molar-refractivity contribution in [1.82, 2.24) is 4.98 Å². The molecule has 94 valence electrons. The van der Waals surface area contributed by atoms with Crippen molar-refractivity contribution in [2.45, 2.75) is 19.8 Å². The number of hydrogen-bond donors (Lipinski definition) is 2.